The standard InChI is InChI=1S/C23H22ClF3N2O2S/c1-2-3-4-11-31-18-8-5-15(6-9-18)21(30)29-22-28-14-19(32-22)13-16-12-17(24)7-10-20(16)23(25,26)27/h5-10,12,14H,2-4,11,13H2,1H3,(H,28,29,30). The molecule has 1 amide bonds. The highest BCUT2D eigenvalue weighted by molar-refractivity contribution is 7.15. The van der Waals surface area contributed by atoms with Gasteiger partial charge in [0.15, 0.2) is 5.13 Å². The predicted octanol–water partition coefficient (Wildman–Crippen LogP) is 7.23. The quantitative estimate of drug-likeness (QED) is 0.327. The van der Waals surface area contributed by atoms with Crippen molar-refractivity contribution in [3.63, 3.8) is 0 Å². The highest BCUT2D eigenvalue weighted by Crippen LogP contribution is 2.35. The van der Waals surface area contributed by atoms with Gasteiger partial charge in [-0.05, 0) is 54.4 Å². The molecule has 0 unspecified atom stereocenters. The number of anilines is 1. The monoisotopic (exact) mass is 482 g/mol. The Kier molecular flexibility index (Phi) is 8.15. The Balaban J connectivity index is 1.62. The fourth-order valence-corrected chi connectivity index (χ4v) is 4.06. The summed E-state index contributed by atoms with van der Waals surface area (Å²) in [5, 5.41) is 3.21. The number of alkyl halides is 3. The van der Waals surface area contributed by atoms with Crippen LogP contribution < -0.4 is 10.1 Å². The number of benzene rings is 2. The number of aromatic nitrogens is 1. The SMILES string of the molecule is CCCCCOc1ccc(C(=O)Nc2ncc(Cc3cc(Cl)ccc3C(F)(F)F)s2)cc1. The number of hydrogen-bond donors (Lipinski definition) is 1. The van der Waals surface area contributed by atoms with Gasteiger partial charge in [0.05, 0.1) is 12.2 Å². The number of nitrogens with one attached hydrogen (secondary N) is 1. The molecule has 1 heterocycles. The van der Waals surface area contributed by atoms with E-state index in [0.717, 1.165) is 36.7 Å². The van der Waals surface area contributed by atoms with Gasteiger partial charge in [-0.1, -0.05) is 31.4 Å². The fraction of sp³-hybridized carbons (Fsp3) is 0.304. The summed E-state index contributed by atoms with van der Waals surface area (Å²) in [6, 6.07) is 10.2. The molecule has 170 valence electrons. The molecule has 4 nitrogen and oxygen atoms in total. The highest BCUT2D eigenvalue weighted by Gasteiger charge is 2.33. The average Bonchev–Trinajstić information content (AvgIpc) is 3.17. The third-order valence-corrected chi connectivity index (χ3v) is 5.79. The first kappa shape index (κ1) is 24.1. The van der Waals surface area contributed by atoms with Gasteiger partial charge in [0, 0.05) is 28.1 Å². The molecule has 3 aromatic rings. The molecule has 0 aliphatic heterocycles. The molecular weight excluding hydrogens is 461 g/mol. The fourth-order valence-electron chi connectivity index (χ4n) is 3.03. The molecule has 0 saturated carbocycles. The number of amides is 1. The van der Waals surface area contributed by atoms with Crippen LogP contribution in [0.1, 0.15) is 52.5 Å². The number of halogens is 4. The van der Waals surface area contributed by atoms with Crippen LogP contribution in [0.5, 0.6) is 5.75 Å². The molecule has 0 fully saturated rings. The Labute approximate surface area is 193 Å². The number of nitrogens with zero attached hydrogens (tertiary/aromatic N) is 1. The minimum Gasteiger partial charge on any atom is -0.494 e. The smallest absolute Gasteiger partial charge is 0.416 e. The van der Waals surface area contributed by atoms with Crippen molar-refractivity contribution in [3.8, 4) is 5.75 Å². The second-order valence-corrected chi connectivity index (χ2v) is 8.69. The first-order valence-electron chi connectivity index (χ1n) is 10.1. The summed E-state index contributed by atoms with van der Waals surface area (Å²) in [5.74, 6) is 0.332. The number of ether oxygens (including phenoxy) is 1. The first-order valence-corrected chi connectivity index (χ1v) is 11.3. The molecule has 1 N–H and O–H groups in total. The molecule has 2 aromatic carbocycles. The molecule has 1 aromatic heterocycles. The predicted molar refractivity (Wildman–Crippen MR) is 121 cm³/mol. The van der Waals surface area contributed by atoms with Gasteiger partial charge in [-0.3, -0.25) is 10.1 Å². The van der Waals surface area contributed by atoms with E-state index >= 15 is 0 Å². The lowest BCUT2D eigenvalue weighted by Crippen LogP contribution is -2.11. The van der Waals surface area contributed by atoms with Crippen molar-refractivity contribution in [2.75, 3.05) is 11.9 Å². The summed E-state index contributed by atoms with van der Waals surface area (Å²) in [4.78, 5) is 17.2. The second-order valence-electron chi connectivity index (χ2n) is 7.14. The van der Waals surface area contributed by atoms with E-state index in [1.54, 1.807) is 24.3 Å². The van der Waals surface area contributed by atoms with Crippen molar-refractivity contribution in [2.45, 2.75) is 38.8 Å². The second kappa shape index (κ2) is 10.8. The Morgan fingerprint density at radius 1 is 1.16 bits per heavy atom. The number of hydrogen-bond acceptors (Lipinski definition) is 4. The molecule has 0 aliphatic rings. The summed E-state index contributed by atoms with van der Waals surface area (Å²) >= 11 is 7.00. The molecule has 32 heavy (non-hydrogen) atoms. The third kappa shape index (κ3) is 6.71. The van der Waals surface area contributed by atoms with E-state index in [1.165, 1.54) is 18.3 Å². The molecule has 0 bridgehead atoms. The Morgan fingerprint density at radius 2 is 1.91 bits per heavy atom. The van der Waals surface area contributed by atoms with Crippen LogP contribution in [0.4, 0.5) is 18.3 Å². The number of rotatable bonds is 9. The maximum atomic E-state index is 13.3. The minimum atomic E-state index is -4.48. The van der Waals surface area contributed by atoms with Crippen LogP contribution in [-0.2, 0) is 12.6 Å². The summed E-state index contributed by atoms with van der Waals surface area (Å²) in [7, 11) is 0. The van der Waals surface area contributed by atoms with Gasteiger partial charge in [-0.15, -0.1) is 11.3 Å². The van der Waals surface area contributed by atoms with E-state index in [0.29, 0.717) is 27.9 Å². The summed E-state index contributed by atoms with van der Waals surface area (Å²) < 4.78 is 45.4. The molecule has 0 saturated heterocycles. The maximum absolute atomic E-state index is 13.3. The number of carbonyl (C=O) groups excluding carboxylic acids is 1. The van der Waals surface area contributed by atoms with Crippen LogP contribution in [0.2, 0.25) is 5.02 Å². The number of unbranched alkanes of at least 4 members (excludes halogenated alkanes) is 2. The first-order chi connectivity index (χ1) is 15.3. The van der Waals surface area contributed by atoms with Gasteiger partial charge >= 0.3 is 6.18 Å². The topological polar surface area (TPSA) is 51.2 Å². The zero-order valence-electron chi connectivity index (χ0n) is 17.3. The zero-order chi connectivity index (χ0) is 23.1. The van der Waals surface area contributed by atoms with Gasteiger partial charge in [0.1, 0.15) is 5.75 Å². The number of thiazole rings is 1. The van der Waals surface area contributed by atoms with Crippen LogP contribution in [0.25, 0.3) is 0 Å². The Bertz CT molecular complexity index is 1050. The summed E-state index contributed by atoms with van der Waals surface area (Å²) in [5.41, 5.74) is -0.254. The van der Waals surface area contributed by atoms with E-state index < -0.39 is 11.7 Å². The van der Waals surface area contributed by atoms with E-state index in [4.69, 9.17) is 16.3 Å². The lowest BCUT2D eigenvalue weighted by Gasteiger charge is -2.12. The molecule has 0 aliphatic carbocycles. The molecule has 0 radical (unpaired) electrons. The molecule has 9 heteroatoms. The van der Waals surface area contributed by atoms with Crippen LogP contribution in [0.3, 0.4) is 0 Å². The van der Waals surface area contributed by atoms with E-state index in [-0.39, 0.29) is 22.9 Å². The zero-order valence-corrected chi connectivity index (χ0v) is 18.9. The van der Waals surface area contributed by atoms with Gasteiger partial charge in [0.25, 0.3) is 5.91 Å². The summed E-state index contributed by atoms with van der Waals surface area (Å²) in [6.45, 7) is 2.75. The van der Waals surface area contributed by atoms with Crippen molar-refractivity contribution in [3.05, 3.63) is 75.3 Å². The van der Waals surface area contributed by atoms with E-state index in [9.17, 15) is 18.0 Å². The van der Waals surface area contributed by atoms with Crippen molar-refractivity contribution in [2.24, 2.45) is 0 Å². The van der Waals surface area contributed by atoms with E-state index in [1.807, 2.05) is 0 Å². The summed E-state index contributed by atoms with van der Waals surface area (Å²) in [6.07, 6.45) is 0.175. The van der Waals surface area contributed by atoms with Gasteiger partial charge in [-0.25, -0.2) is 4.98 Å². The molecule has 0 atom stereocenters. The van der Waals surface area contributed by atoms with Gasteiger partial charge < -0.3 is 4.74 Å². The van der Waals surface area contributed by atoms with Crippen LogP contribution in [0, 0.1) is 0 Å². The normalized spacial score (nSPS) is 11.4. The van der Waals surface area contributed by atoms with Crippen molar-refractivity contribution < 1.29 is 22.7 Å². The number of carbonyl (C=O) groups is 1. The van der Waals surface area contributed by atoms with Gasteiger partial charge in [0.2, 0.25) is 0 Å². The minimum absolute atomic E-state index is 0.00695. The highest BCUT2D eigenvalue weighted by atomic mass is 35.5. The Morgan fingerprint density at radius 3 is 2.59 bits per heavy atom. The lowest BCUT2D eigenvalue weighted by atomic mass is 10.0. The molecular formula is C23H22ClF3N2O2S. The lowest BCUT2D eigenvalue weighted by molar-refractivity contribution is -0.138. The Hall–Kier alpha value is -2.58. The van der Waals surface area contributed by atoms with Crippen LogP contribution in [0.15, 0.2) is 48.7 Å². The largest absolute Gasteiger partial charge is 0.494 e. The van der Waals surface area contributed by atoms with Crippen LogP contribution in [-0.4, -0.2) is 17.5 Å². The van der Waals surface area contributed by atoms with Crippen molar-refractivity contribution in [1.82, 2.24) is 4.98 Å². The molecule has 3 rings (SSSR count). The van der Waals surface area contributed by atoms with Crippen LogP contribution >= 0.6 is 22.9 Å². The van der Waals surface area contributed by atoms with Gasteiger partial charge in [-0.2, -0.15) is 13.2 Å². The average molecular weight is 483 g/mol. The van der Waals surface area contributed by atoms with E-state index in [2.05, 4.69) is 17.2 Å². The van der Waals surface area contributed by atoms with Crippen molar-refractivity contribution >= 4 is 34.0 Å². The third-order valence-electron chi connectivity index (χ3n) is 4.64. The molecule has 0 spiro atoms. The van der Waals surface area contributed by atoms with Crippen molar-refractivity contribution in [1.29, 1.82) is 0 Å². The maximum Gasteiger partial charge on any atom is 0.416 e.